The lowest BCUT2D eigenvalue weighted by Gasteiger charge is -2.18. The predicted molar refractivity (Wildman–Crippen MR) is 151 cm³/mol. The Balaban J connectivity index is 1.65. The molecule has 0 spiro atoms. The van der Waals surface area contributed by atoms with Crippen molar-refractivity contribution in [3.63, 3.8) is 0 Å². The van der Waals surface area contributed by atoms with Crippen molar-refractivity contribution < 1.29 is 19.1 Å². The molecule has 4 N–H and O–H groups in total. The second-order valence-electron chi connectivity index (χ2n) is 9.43. The van der Waals surface area contributed by atoms with Crippen molar-refractivity contribution in [1.82, 2.24) is 20.2 Å². The summed E-state index contributed by atoms with van der Waals surface area (Å²) in [6.45, 7) is 6.38. The van der Waals surface area contributed by atoms with Gasteiger partial charge in [0.1, 0.15) is 11.9 Å². The number of rotatable bonds is 12. The van der Waals surface area contributed by atoms with E-state index in [0.29, 0.717) is 24.5 Å². The zero-order chi connectivity index (χ0) is 28.4. The molecule has 1 aromatic heterocycles. The van der Waals surface area contributed by atoms with Crippen molar-refractivity contribution in [1.29, 1.82) is 0 Å². The number of aromatic nitrogens is 2. The van der Waals surface area contributed by atoms with E-state index in [1.54, 1.807) is 31.5 Å². The highest BCUT2D eigenvalue weighted by Gasteiger charge is 2.21. The van der Waals surface area contributed by atoms with Crippen LogP contribution in [0, 0.1) is 12.8 Å². The van der Waals surface area contributed by atoms with Crippen molar-refractivity contribution in [2.75, 3.05) is 14.2 Å². The van der Waals surface area contributed by atoms with Gasteiger partial charge in [-0.15, -0.1) is 0 Å². The summed E-state index contributed by atoms with van der Waals surface area (Å²) in [6.07, 6.45) is 5.09. The Hall–Kier alpha value is -4.34. The summed E-state index contributed by atoms with van der Waals surface area (Å²) < 4.78 is 12.5. The Morgan fingerprint density at radius 1 is 1.10 bits per heavy atom. The number of nitrogens with zero attached hydrogens (tertiary/aromatic N) is 3. The van der Waals surface area contributed by atoms with Crippen LogP contribution in [0.15, 0.2) is 59.9 Å². The molecule has 1 heterocycles. The molecule has 39 heavy (non-hydrogen) atoms. The Labute approximate surface area is 229 Å². The van der Waals surface area contributed by atoms with Crippen molar-refractivity contribution in [2.45, 2.75) is 52.6 Å². The van der Waals surface area contributed by atoms with Crippen LogP contribution < -0.4 is 25.8 Å². The maximum absolute atomic E-state index is 13.2. The number of benzene rings is 2. The van der Waals surface area contributed by atoms with Crippen LogP contribution in [0.2, 0.25) is 0 Å². The van der Waals surface area contributed by atoms with Gasteiger partial charge in [0.05, 0.1) is 20.6 Å². The van der Waals surface area contributed by atoms with Gasteiger partial charge in [-0.25, -0.2) is 9.98 Å². The Bertz CT molecular complexity index is 1300. The lowest BCUT2D eigenvalue weighted by molar-refractivity contribution is -0.123. The molecule has 3 rings (SSSR count). The van der Waals surface area contributed by atoms with Gasteiger partial charge in [-0.05, 0) is 54.7 Å². The van der Waals surface area contributed by atoms with Gasteiger partial charge in [0, 0.05) is 24.6 Å². The first kappa shape index (κ1) is 29.2. The summed E-state index contributed by atoms with van der Waals surface area (Å²) in [5.41, 5.74) is 8.69. The number of ether oxygens (including phenoxy) is 2. The third kappa shape index (κ3) is 8.33. The van der Waals surface area contributed by atoms with Gasteiger partial charge in [0.25, 0.3) is 0 Å². The number of amides is 2. The van der Waals surface area contributed by atoms with Crippen LogP contribution in [0.1, 0.15) is 43.6 Å². The number of guanidine groups is 1. The first-order valence-electron chi connectivity index (χ1n) is 12.9. The molecule has 0 fully saturated rings. The average Bonchev–Trinajstić information content (AvgIpc) is 3.36. The van der Waals surface area contributed by atoms with E-state index in [9.17, 15) is 9.59 Å². The molecule has 2 atom stereocenters. The number of imidazole rings is 1. The molecule has 0 radical (unpaired) electrons. The highest BCUT2D eigenvalue weighted by molar-refractivity contribution is 5.98. The van der Waals surface area contributed by atoms with E-state index in [-0.39, 0.29) is 30.1 Å². The Morgan fingerprint density at radius 3 is 2.54 bits per heavy atom. The SMILES string of the molecule is CCC(C)C[C@@H](N=C(N)NC(=O)Cc1ccc(OC)c(OC)c1)C(=O)NCc1cccc(-n2ccnc2C)c1. The van der Waals surface area contributed by atoms with Crippen LogP contribution >= 0.6 is 0 Å². The second-order valence-corrected chi connectivity index (χ2v) is 9.43. The van der Waals surface area contributed by atoms with Crippen molar-refractivity contribution in [3.05, 3.63) is 71.8 Å². The number of aryl methyl sites for hydroxylation is 1. The highest BCUT2D eigenvalue weighted by Crippen LogP contribution is 2.27. The van der Waals surface area contributed by atoms with Crippen LogP contribution in [-0.2, 0) is 22.6 Å². The first-order valence-corrected chi connectivity index (χ1v) is 12.9. The van der Waals surface area contributed by atoms with Gasteiger partial charge in [0.2, 0.25) is 11.8 Å². The first-order chi connectivity index (χ1) is 18.7. The fourth-order valence-corrected chi connectivity index (χ4v) is 4.10. The maximum atomic E-state index is 13.2. The van der Waals surface area contributed by atoms with E-state index < -0.39 is 6.04 Å². The molecule has 2 aromatic carbocycles. The summed E-state index contributed by atoms with van der Waals surface area (Å²) in [5, 5.41) is 5.57. The number of carbonyl (C=O) groups is 2. The molecule has 0 saturated carbocycles. The Kier molecular flexibility index (Phi) is 10.5. The molecule has 0 saturated heterocycles. The van der Waals surface area contributed by atoms with E-state index in [1.165, 1.54) is 7.11 Å². The summed E-state index contributed by atoms with van der Waals surface area (Å²) in [5.74, 6) is 1.52. The number of nitrogens with two attached hydrogens (primary N) is 1. The number of aliphatic imine (C=N–C) groups is 1. The smallest absolute Gasteiger partial charge is 0.245 e. The van der Waals surface area contributed by atoms with Gasteiger partial charge in [-0.2, -0.15) is 0 Å². The minimum Gasteiger partial charge on any atom is -0.493 e. The van der Waals surface area contributed by atoms with E-state index in [4.69, 9.17) is 15.2 Å². The molecule has 1 unspecified atom stereocenters. The standard InChI is InChI=1S/C29H38N6O4/c1-6-19(2)14-24(28(37)32-18-22-8-7-9-23(15-22)35-13-12-31-20(35)3)33-29(30)34-27(36)17-21-10-11-25(38-4)26(16-21)39-5/h7-13,15-16,19,24H,6,14,17-18H2,1-5H3,(H,32,37)(H3,30,33,34,36)/t19?,24-/m1/s1. The summed E-state index contributed by atoms with van der Waals surface area (Å²) in [6, 6.07) is 12.4. The monoisotopic (exact) mass is 534 g/mol. The van der Waals surface area contributed by atoms with Gasteiger partial charge in [-0.3, -0.25) is 14.9 Å². The summed E-state index contributed by atoms with van der Waals surface area (Å²) in [4.78, 5) is 34.4. The molecule has 208 valence electrons. The van der Waals surface area contributed by atoms with Crippen molar-refractivity contribution >= 4 is 17.8 Å². The van der Waals surface area contributed by atoms with Gasteiger partial charge < -0.3 is 25.1 Å². The van der Waals surface area contributed by atoms with E-state index in [0.717, 1.165) is 29.1 Å². The van der Waals surface area contributed by atoms with Crippen molar-refractivity contribution in [2.24, 2.45) is 16.6 Å². The molecule has 0 aliphatic carbocycles. The molecular weight excluding hydrogens is 496 g/mol. The number of carbonyl (C=O) groups excluding carboxylic acids is 2. The number of methoxy groups -OCH3 is 2. The van der Waals surface area contributed by atoms with Crippen LogP contribution in [-0.4, -0.2) is 47.6 Å². The van der Waals surface area contributed by atoms with Crippen molar-refractivity contribution in [3.8, 4) is 17.2 Å². The molecule has 10 nitrogen and oxygen atoms in total. The van der Waals surface area contributed by atoms with Crippen LogP contribution in [0.3, 0.4) is 0 Å². The van der Waals surface area contributed by atoms with Gasteiger partial charge in [-0.1, -0.05) is 38.5 Å². The van der Waals surface area contributed by atoms with E-state index in [2.05, 4.69) is 34.5 Å². The number of nitrogens with one attached hydrogen (secondary N) is 2. The predicted octanol–water partition coefficient (Wildman–Crippen LogP) is 3.29. The van der Waals surface area contributed by atoms with Gasteiger partial charge >= 0.3 is 0 Å². The largest absolute Gasteiger partial charge is 0.493 e. The molecular formula is C29H38N6O4. The molecule has 0 bridgehead atoms. The fraction of sp³-hybridized carbons (Fsp3) is 0.379. The zero-order valence-electron chi connectivity index (χ0n) is 23.2. The quantitative estimate of drug-likeness (QED) is 0.241. The lowest BCUT2D eigenvalue weighted by Crippen LogP contribution is -2.41. The molecule has 0 aliphatic rings. The van der Waals surface area contributed by atoms with Crippen LogP contribution in [0.25, 0.3) is 5.69 Å². The van der Waals surface area contributed by atoms with Gasteiger partial charge in [0.15, 0.2) is 17.5 Å². The number of hydrogen-bond donors (Lipinski definition) is 3. The molecule has 0 aliphatic heterocycles. The maximum Gasteiger partial charge on any atom is 0.245 e. The van der Waals surface area contributed by atoms with Crippen LogP contribution in [0.5, 0.6) is 11.5 Å². The highest BCUT2D eigenvalue weighted by atomic mass is 16.5. The van der Waals surface area contributed by atoms with E-state index in [1.807, 2.05) is 42.0 Å². The molecule has 10 heteroatoms. The second kappa shape index (κ2) is 14.0. The lowest BCUT2D eigenvalue weighted by atomic mass is 9.99. The molecule has 2 amide bonds. The number of hydrogen-bond acceptors (Lipinski definition) is 6. The third-order valence-electron chi connectivity index (χ3n) is 6.48. The minimum atomic E-state index is -0.736. The minimum absolute atomic E-state index is 0.0610. The zero-order valence-corrected chi connectivity index (χ0v) is 23.2. The topological polar surface area (TPSA) is 133 Å². The Morgan fingerprint density at radius 2 is 1.87 bits per heavy atom. The third-order valence-corrected chi connectivity index (χ3v) is 6.48. The normalized spacial score (nSPS) is 12.9. The summed E-state index contributed by atoms with van der Waals surface area (Å²) in [7, 11) is 3.08. The average molecular weight is 535 g/mol. The molecule has 3 aromatic rings. The fourth-order valence-electron chi connectivity index (χ4n) is 4.10. The van der Waals surface area contributed by atoms with E-state index >= 15 is 0 Å². The van der Waals surface area contributed by atoms with Crippen LogP contribution in [0.4, 0.5) is 0 Å². The summed E-state index contributed by atoms with van der Waals surface area (Å²) >= 11 is 0.